The van der Waals surface area contributed by atoms with Crippen LogP contribution in [0, 0.1) is 6.92 Å². The van der Waals surface area contributed by atoms with Gasteiger partial charge in [-0.15, -0.1) is 0 Å². The second kappa shape index (κ2) is 10.7. The van der Waals surface area contributed by atoms with Crippen molar-refractivity contribution in [3.05, 3.63) is 95.3 Å². The van der Waals surface area contributed by atoms with Crippen molar-refractivity contribution in [1.29, 1.82) is 0 Å². The first-order valence-corrected chi connectivity index (χ1v) is 13.2. The fourth-order valence-corrected chi connectivity index (χ4v) is 4.70. The van der Waals surface area contributed by atoms with Gasteiger partial charge in [0.1, 0.15) is 5.82 Å². The highest BCUT2D eigenvalue weighted by atomic mass is 16.2. The van der Waals surface area contributed by atoms with Crippen LogP contribution in [0.1, 0.15) is 51.6 Å². The van der Waals surface area contributed by atoms with Crippen LogP contribution in [0.15, 0.2) is 73.1 Å². The van der Waals surface area contributed by atoms with Crippen LogP contribution >= 0.6 is 0 Å². The van der Waals surface area contributed by atoms with Gasteiger partial charge >= 0.3 is 0 Å². The van der Waals surface area contributed by atoms with Gasteiger partial charge < -0.3 is 15.1 Å². The van der Waals surface area contributed by atoms with E-state index >= 15 is 0 Å². The van der Waals surface area contributed by atoms with Crippen LogP contribution in [0.5, 0.6) is 0 Å². The van der Waals surface area contributed by atoms with Crippen molar-refractivity contribution in [3.8, 4) is 11.3 Å². The van der Waals surface area contributed by atoms with Crippen LogP contribution in [0.3, 0.4) is 0 Å². The largest absolute Gasteiger partial charge is 0.357 e. The first-order chi connectivity index (χ1) is 18.7. The zero-order valence-corrected chi connectivity index (χ0v) is 23.0. The standard InChI is InChI=1S/C31H34N6O2/c1-20(2)35(4)29-13-12-25(17-32-29)30(38)34-27-16-24(7-6-21(27)3)31(39)37-18-26(19-37)22-8-10-23(11-9-22)28-14-15-33-36(28)5/h6-17,20,26H,18-19H2,1-5H3,(H,34,38). The monoisotopic (exact) mass is 522 g/mol. The third-order valence-corrected chi connectivity index (χ3v) is 7.55. The smallest absolute Gasteiger partial charge is 0.257 e. The Hall–Kier alpha value is -4.46. The minimum atomic E-state index is -0.257. The van der Waals surface area contributed by atoms with E-state index in [1.165, 1.54) is 5.56 Å². The molecule has 4 aromatic rings. The number of amides is 2. The highest BCUT2D eigenvalue weighted by Gasteiger charge is 2.32. The molecule has 1 aliphatic heterocycles. The van der Waals surface area contributed by atoms with Crippen LogP contribution in [0.2, 0.25) is 0 Å². The summed E-state index contributed by atoms with van der Waals surface area (Å²) >= 11 is 0. The van der Waals surface area contributed by atoms with Crippen LogP contribution in [-0.2, 0) is 7.05 Å². The van der Waals surface area contributed by atoms with E-state index in [0.717, 1.165) is 22.6 Å². The lowest BCUT2D eigenvalue weighted by atomic mass is 9.90. The molecule has 0 radical (unpaired) electrons. The van der Waals surface area contributed by atoms with Crippen LogP contribution in [0.25, 0.3) is 11.3 Å². The number of nitrogens with zero attached hydrogens (tertiary/aromatic N) is 5. The Morgan fingerprint density at radius 1 is 1.00 bits per heavy atom. The molecule has 0 aliphatic carbocycles. The molecule has 2 aromatic carbocycles. The van der Waals surface area contributed by atoms with Gasteiger partial charge in [0.25, 0.3) is 11.8 Å². The summed E-state index contributed by atoms with van der Waals surface area (Å²) in [7, 11) is 3.90. The number of hydrogen-bond donors (Lipinski definition) is 1. The maximum Gasteiger partial charge on any atom is 0.257 e. The summed E-state index contributed by atoms with van der Waals surface area (Å²) < 4.78 is 1.86. The molecule has 2 amide bonds. The van der Waals surface area contributed by atoms with Crippen molar-refractivity contribution in [2.24, 2.45) is 7.05 Å². The SMILES string of the molecule is Cc1ccc(C(=O)N2CC(c3ccc(-c4ccnn4C)cc3)C2)cc1NC(=O)c1ccc(N(C)C(C)C)nc1. The van der Waals surface area contributed by atoms with Gasteiger partial charge in [0, 0.05) is 62.8 Å². The molecule has 0 saturated carbocycles. The molecule has 2 aromatic heterocycles. The zero-order valence-electron chi connectivity index (χ0n) is 23.0. The number of aromatic nitrogens is 3. The lowest BCUT2D eigenvalue weighted by Crippen LogP contribution is -2.48. The Morgan fingerprint density at radius 3 is 2.33 bits per heavy atom. The Morgan fingerprint density at radius 2 is 1.72 bits per heavy atom. The predicted molar refractivity (Wildman–Crippen MR) is 154 cm³/mol. The first kappa shape index (κ1) is 26.2. The number of rotatable bonds is 7. The molecular weight excluding hydrogens is 488 g/mol. The third-order valence-electron chi connectivity index (χ3n) is 7.55. The zero-order chi connectivity index (χ0) is 27.7. The predicted octanol–water partition coefficient (Wildman–Crippen LogP) is 5.13. The first-order valence-electron chi connectivity index (χ1n) is 13.2. The van der Waals surface area contributed by atoms with E-state index < -0.39 is 0 Å². The Labute approximate surface area is 229 Å². The topological polar surface area (TPSA) is 83.4 Å². The molecule has 0 bridgehead atoms. The van der Waals surface area contributed by atoms with Crippen LogP contribution in [-0.4, -0.2) is 57.7 Å². The van der Waals surface area contributed by atoms with Gasteiger partial charge in [-0.1, -0.05) is 30.3 Å². The van der Waals surface area contributed by atoms with Crippen molar-refractivity contribution in [3.63, 3.8) is 0 Å². The molecule has 0 unspecified atom stereocenters. The fraction of sp³-hybridized carbons (Fsp3) is 0.290. The van der Waals surface area contributed by atoms with E-state index in [4.69, 9.17) is 0 Å². The Bertz CT molecular complexity index is 1480. The summed E-state index contributed by atoms with van der Waals surface area (Å²) in [5.74, 6) is 0.829. The number of pyridine rings is 1. The summed E-state index contributed by atoms with van der Waals surface area (Å²) in [6, 6.07) is 19.9. The highest BCUT2D eigenvalue weighted by Crippen LogP contribution is 2.31. The normalized spacial score (nSPS) is 13.3. The second-order valence-corrected chi connectivity index (χ2v) is 10.5. The molecule has 200 valence electrons. The molecule has 8 heteroatoms. The third kappa shape index (κ3) is 5.41. The number of aryl methyl sites for hydroxylation is 2. The molecule has 5 rings (SSSR count). The number of benzene rings is 2. The van der Waals surface area contributed by atoms with Gasteiger partial charge in [0.15, 0.2) is 0 Å². The quantitative estimate of drug-likeness (QED) is 0.364. The summed E-state index contributed by atoms with van der Waals surface area (Å²) in [6.45, 7) is 7.42. The van der Waals surface area contributed by atoms with E-state index in [0.29, 0.717) is 41.9 Å². The number of anilines is 2. The van der Waals surface area contributed by atoms with Crippen LogP contribution < -0.4 is 10.2 Å². The minimum absolute atomic E-state index is 0.0315. The molecule has 1 fully saturated rings. The number of hydrogen-bond acceptors (Lipinski definition) is 5. The Kier molecular flexibility index (Phi) is 7.19. The van der Waals surface area contributed by atoms with Crippen LogP contribution in [0.4, 0.5) is 11.5 Å². The molecular formula is C31H34N6O2. The molecule has 1 aliphatic rings. The van der Waals surface area contributed by atoms with E-state index in [2.05, 4.69) is 53.5 Å². The lowest BCUT2D eigenvalue weighted by Gasteiger charge is -2.39. The average Bonchev–Trinajstić information content (AvgIpc) is 3.34. The summed E-state index contributed by atoms with van der Waals surface area (Å²) in [6.07, 6.45) is 3.37. The summed E-state index contributed by atoms with van der Waals surface area (Å²) in [4.78, 5) is 34.4. The fourth-order valence-electron chi connectivity index (χ4n) is 4.70. The van der Waals surface area contributed by atoms with Crippen molar-refractivity contribution in [2.75, 3.05) is 30.4 Å². The summed E-state index contributed by atoms with van der Waals surface area (Å²) in [5.41, 5.74) is 5.95. The van der Waals surface area contributed by atoms with Gasteiger partial charge in [0.2, 0.25) is 0 Å². The van der Waals surface area contributed by atoms with E-state index in [-0.39, 0.29) is 11.8 Å². The average molecular weight is 523 g/mol. The number of likely N-dealkylation sites (tertiary alicyclic amines) is 1. The lowest BCUT2D eigenvalue weighted by molar-refractivity contribution is 0.0602. The second-order valence-electron chi connectivity index (χ2n) is 10.5. The molecule has 8 nitrogen and oxygen atoms in total. The molecule has 1 N–H and O–H groups in total. The maximum atomic E-state index is 13.2. The van der Waals surface area contributed by atoms with E-state index in [1.54, 1.807) is 24.5 Å². The number of carbonyl (C=O) groups excluding carboxylic acids is 2. The Balaban J connectivity index is 1.21. The molecule has 3 heterocycles. The minimum Gasteiger partial charge on any atom is -0.357 e. The molecule has 39 heavy (non-hydrogen) atoms. The van der Waals surface area contributed by atoms with Gasteiger partial charge in [-0.05, 0) is 67.8 Å². The van der Waals surface area contributed by atoms with Gasteiger partial charge in [0.05, 0.1) is 11.3 Å². The highest BCUT2D eigenvalue weighted by molar-refractivity contribution is 6.05. The number of nitrogens with one attached hydrogen (secondary N) is 1. The van der Waals surface area contributed by atoms with Crippen molar-refractivity contribution < 1.29 is 9.59 Å². The summed E-state index contributed by atoms with van der Waals surface area (Å²) in [5, 5.41) is 7.19. The van der Waals surface area contributed by atoms with Gasteiger partial charge in [-0.2, -0.15) is 5.10 Å². The van der Waals surface area contributed by atoms with Crippen molar-refractivity contribution in [2.45, 2.75) is 32.7 Å². The molecule has 1 saturated heterocycles. The van der Waals surface area contributed by atoms with Gasteiger partial charge in [-0.3, -0.25) is 14.3 Å². The van der Waals surface area contributed by atoms with Crippen molar-refractivity contribution in [1.82, 2.24) is 19.7 Å². The van der Waals surface area contributed by atoms with Crippen molar-refractivity contribution >= 4 is 23.3 Å². The van der Waals surface area contributed by atoms with E-state index in [1.807, 2.05) is 59.8 Å². The number of carbonyl (C=O) groups is 2. The van der Waals surface area contributed by atoms with Gasteiger partial charge in [-0.25, -0.2) is 4.98 Å². The van der Waals surface area contributed by atoms with E-state index in [9.17, 15) is 9.59 Å². The molecule has 0 atom stereocenters. The molecule has 0 spiro atoms. The maximum absolute atomic E-state index is 13.2.